The summed E-state index contributed by atoms with van der Waals surface area (Å²) in [5.74, 6) is 0.940. The van der Waals surface area contributed by atoms with Gasteiger partial charge in [-0.3, -0.25) is 0 Å². The molecule has 16 heavy (non-hydrogen) atoms. The van der Waals surface area contributed by atoms with Crippen LogP contribution in [0.4, 0.5) is 5.69 Å². The number of para-hydroxylation sites is 2. The van der Waals surface area contributed by atoms with Crippen LogP contribution in [0.2, 0.25) is 0 Å². The highest BCUT2D eigenvalue weighted by molar-refractivity contribution is 5.59. The summed E-state index contributed by atoms with van der Waals surface area (Å²) >= 11 is 0. The molecule has 2 heteroatoms. The van der Waals surface area contributed by atoms with Gasteiger partial charge in [0, 0.05) is 0 Å². The van der Waals surface area contributed by atoms with Gasteiger partial charge in [-0.05, 0) is 17.7 Å². The van der Waals surface area contributed by atoms with Crippen molar-refractivity contribution in [2.45, 2.75) is 6.04 Å². The van der Waals surface area contributed by atoms with E-state index in [-0.39, 0.29) is 6.04 Å². The Morgan fingerprint density at radius 1 is 0.938 bits per heavy atom. The molecule has 80 valence electrons. The minimum absolute atomic E-state index is 0.246. The molecule has 0 saturated carbocycles. The van der Waals surface area contributed by atoms with Crippen molar-refractivity contribution in [3.05, 3.63) is 60.2 Å². The Morgan fingerprint density at radius 2 is 1.69 bits per heavy atom. The molecular formula is C14H13NO. The molecule has 1 heterocycles. The van der Waals surface area contributed by atoms with E-state index >= 15 is 0 Å². The van der Waals surface area contributed by atoms with Crippen molar-refractivity contribution in [3.8, 4) is 5.75 Å². The van der Waals surface area contributed by atoms with Gasteiger partial charge < -0.3 is 10.1 Å². The summed E-state index contributed by atoms with van der Waals surface area (Å²) in [6.45, 7) is 0.682. The van der Waals surface area contributed by atoms with Crippen LogP contribution in [-0.4, -0.2) is 6.61 Å². The Morgan fingerprint density at radius 3 is 2.56 bits per heavy atom. The van der Waals surface area contributed by atoms with E-state index in [1.54, 1.807) is 0 Å². The smallest absolute Gasteiger partial charge is 0.142 e. The lowest BCUT2D eigenvalue weighted by Crippen LogP contribution is -2.23. The minimum atomic E-state index is 0.246. The lowest BCUT2D eigenvalue weighted by molar-refractivity contribution is 0.286. The Labute approximate surface area is 94.9 Å². The normalized spacial score (nSPS) is 18.1. The van der Waals surface area contributed by atoms with Gasteiger partial charge in [-0.1, -0.05) is 42.5 Å². The van der Waals surface area contributed by atoms with Crippen molar-refractivity contribution >= 4 is 5.69 Å². The number of rotatable bonds is 1. The number of nitrogens with one attached hydrogen (secondary N) is 1. The molecule has 1 aliphatic rings. The molecular weight excluding hydrogens is 198 g/mol. The van der Waals surface area contributed by atoms with E-state index in [2.05, 4.69) is 29.6 Å². The van der Waals surface area contributed by atoms with Crippen LogP contribution in [0.15, 0.2) is 54.6 Å². The van der Waals surface area contributed by atoms with Crippen molar-refractivity contribution in [1.29, 1.82) is 0 Å². The molecule has 2 nitrogen and oxygen atoms in total. The van der Waals surface area contributed by atoms with Crippen LogP contribution < -0.4 is 10.1 Å². The van der Waals surface area contributed by atoms with Gasteiger partial charge in [-0.15, -0.1) is 0 Å². The first-order valence-corrected chi connectivity index (χ1v) is 5.47. The van der Waals surface area contributed by atoms with Gasteiger partial charge in [0.25, 0.3) is 0 Å². The molecule has 0 aliphatic carbocycles. The monoisotopic (exact) mass is 211 g/mol. The molecule has 1 aliphatic heterocycles. The predicted octanol–water partition coefficient (Wildman–Crippen LogP) is 3.23. The third-order valence-corrected chi connectivity index (χ3v) is 2.82. The lowest BCUT2D eigenvalue weighted by atomic mass is 10.1. The van der Waals surface area contributed by atoms with E-state index in [1.807, 2.05) is 30.3 Å². The molecule has 0 saturated heterocycles. The van der Waals surface area contributed by atoms with Crippen LogP contribution in [0.3, 0.4) is 0 Å². The second-order valence-corrected chi connectivity index (χ2v) is 3.91. The minimum Gasteiger partial charge on any atom is -0.489 e. The van der Waals surface area contributed by atoms with Gasteiger partial charge in [0.05, 0.1) is 11.7 Å². The van der Waals surface area contributed by atoms with Crippen molar-refractivity contribution in [2.24, 2.45) is 0 Å². The largest absolute Gasteiger partial charge is 0.489 e. The second kappa shape index (κ2) is 3.89. The fraction of sp³-hybridized carbons (Fsp3) is 0.143. The number of ether oxygens (including phenoxy) is 1. The quantitative estimate of drug-likeness (QED) is 0.782. The summed E-state index contributed by atoms with van der Waals surface area (Å²) in [6.07, 6.45) is 0. The summed E-state index contributed by atoms with van der Waals surface area (Å²) in [5, 5.41) is 3.49. The molecule has 1 atom stereocenters. The van der Waals surface area contributed by atoms with Gasteiger partial charge in [0.15, 0.2) is 0 Å². The third kappa shape index (κ3) is 1.63. The predicted molar refractivity (Wildman–Crippen MR) is 64.7 cm³/mol. The third-order valence-electron chi connectivity index (χ3n) is 2.82. The fourth-order valence-corrected chi connectivity index (χ4v) is 1.98. The maximum absolute atomic E-state index is 5.73. The lowest BCUT2D eigenvalue weighted by Gasteiger charge is -2.27. The van der Waals surface area contributed by atoms with E-state index in [9.17, 15) is 0 Å². The van der Waals surface area contributed by atoms with Crippen LogP contribution in [0.5, 0.6) is 5.75 Å². The zero-order valence-electron chi connectivity index (χ0n) is 8.89. The summed E-state index contributed by atoms with van der Waals surface area (Å²) in [4.78, 5) is 0. The molecule has 0 amide bonds. The van der Waals surface area contributed by atoms with Crippen molar-refractivity contribution < 1.29 is 4.74 Å². The second-order valence-electron chi connectivity index (χ2n) is 3.91. The van der Waals surface area contributed by atoms with Crippen LogP contribution in [0.25, 0.3) is 0 Å². The highest BCUT2D eigenvalue weighted by Crippen LogP contribution is 2.32. The average molecular weight is 211 g/mol. The molecule has 2 aromatic carbocycles. The van der Waals surface area contributed by atoms with Gasteiger partial charge in [0.2, 0.25) is 0 Å². The molecule has 0 aromatic heterocycles. The van der Waals surface area contributed by atoms with Crippen molar-refractivity contribution in [1.82, 2.24) is 0 Å². The van der Waals surface area contributed by atoms with Gasteiger partial charge in [0.1, 0.15) is 12.4 Å². The average Bonchev–Trinajstić information content (AvgIpc) is 2.39. The molecule has 0 spiro atoms. The topological polar surface area (TPSA) is 21.3 Å². The van der Waals surface area contributed by atoms with Gasteiger partial charge >= 0.3 is 0 Å². The summed E-state index contributed by atoms with van der Waals surface area (Å²) < 4.78 is 5.73. The number of hydrogen-bond acceptors (Lipinski definition) is 2. The Kier molecular flexibility index (Phi) is 2.26. The molecule has 0 radical (unpaired) electrons. The fourth-order valence-electron chi connectivity index (χ4n) is 1.98. The summed E-state index contributed by atoms with van der Waals surface area (Å²) in [6, 6.07) is 18.7. The van der Waals surface area contributed by atoms with Crippen molar-refractivity contribution in [3.63, 3.8) is 0 Å². The highest BCUT2D eigenvalue weighted by atomic mass is 16.5. The van der Waals surface area contributed by atoms with Crippen LogP contribution in [0.1, 0.15) is 11.6 Å². The zero-order valence-corrected chi connectivity index (χ0v) is 8.89. The van der Waals surface area contributed by atoms with E-state index in [1.165, 1.54) is 5.56 Å². The summed E-state index contributed by atoms with van der Waals surface area (Å²) in [7, 11) is 0. The molecule has 3 rings (SSSR count). The summed E-state index contributed by atoms with van der Waals surface area (Å²) in [5.41, 5.74) is 2.33. The first-order valence-electron chi connectivity index (χ1n) is 5.47. The molecule has 1 N–H and O–H groups in total. The number of benzene rings is 2. The van der Waals surface area contributed by atoms with E-state index in [4.69, 9.17) is 4.74 Å². The highest BCUT2D eigenvalue weighted by Gasteiger charge is 2.19. The Bertz CT molecular complexity index is 481. The Hall–Kier alpha value is -1.96. The van der Waals surface area contributed by atoms with E-state index < -0.39 is 0 Å². The van der Waals surface area contributed by atoms with Gasteiger partial charge in [-0.2, -0.15) is 0 Å². The van der Waals surface area contributed by atoms with Crippen LogP contribution in [-0.2, 0) is 0 Å². The Balaban J connectivity index is 1.89. The number of fused-ring (bicyclic) bond motifs is 1. The van der Waals surface area contributed by atoms with Crippen LogP contribution in [0, 0.1) is 0 Å². The molecule has 0 unspecified atom stereocenters. The standard InChI is InChI=1S/C14H13NO/c1-2-6-11(7-3-1)13-10-16-14-9-5-4-8-12(14)15-13/h1-9,13,15H,10H2/t13-/m0/s1. The van der Waals surface area contributed by atoms with Gasteiger partial charge in [-0.25, -0.2) is 0 Å². The van der Waals surface area contributed by atoms with Crippen LogP contribution >= 0.6 is 0 Å². The van der Waals surface area contributed by atoms with E-state index in [0.717, 1.165) is 11.4 Å². The molecule has 0 fully saturated rings. The SMILES string of the molecule is c1ccc([C@@H]2COc3ccccc3N2)cc1. The van der Waals surface area contributed by atoms with E-state index in [0.29, 0.717) is 6.61 Å². The first kappa shape index (κ1) is 9.28. The molecule has 0 bridgehead atoms. The maximum atomic E-state index is 5.73. The number of anilines is 1. The maximum Gasteiger partial charge on any atom is 0.142 e. The first-order chi connectivity index (χ1) is 7.93. The number of hydrogen-bond donors (Lipinski definition) is 1. The van der Waals surface area contributed by atoms with Crippen molar-refractivity contribution in [2.75, 3.05) is 11.9 Å². The molecule has 2 aromatic rings. The zero-order chi connectivity index (χ0) is 10.8.